The fraction of sp³-hybridized carbons (Fsp3) is 0.240. The predicted molar refractivity (Wildman–Crippen MR) is 126 cm³/mol. The highest BCUT2D eigenvalue weighted by Crippen LogP contribution is 2.31. The Labute approximate surface area is 203 Å². The van der Waals surface area contributed by atoms with Crippen molar-refractivity contribution in [2.24, 2.45) is 0 Å². The number of rotatable bonds is 6. The molecule has 1 fully saturated rings. The normalized spacial score (nSPS) is 16.8. The zero-order valence-corrected chi connectivity index (χ0v) is 19.6. The van der Waals surface area contributed by atoms with Crippen LogP contribution in [0.1, 0.15) is 22.3 Å². The first-order valence-corrected chi connectivity index (χ1v) is 11.4. The number of nitrogens with zero attached hydrogens (tertiary/aromatic N) is 3. The Morgan fingerprint density at radius 2 is 1.85 bits per heavy atom. The van der Waals surface area contributed by atoms with E-state index < -0.39 is 43.3 Å². The molecule has 9 heteroatoms. The number of nitriles is 1. The maximum atomic E-state index is 13.6. The summed E-state index contributed by atoms with van der Waals surface area (Å²) in [6.45, 7) is -0.760. The molecule has 2 aromatic carbocycles. The molecule has 4 rings (SSSR count). The second-order valence-electron chi connectivity index (χ2n) is 8.14. The van der Waals surface area contributed by atoms with Crippen LogP contribution in [0.2, 0.25) is 0 Å². The van der Waals surface area contributed by atoms with Crippen LogP contribution in [0.3, 0.4) is 0 Å². The quantitative estimate of drug-likeness (QED) is 0.515. The number of nitrogens with one attached hydrogen (secondary N) is 1. The van der Waals surface area contributed by atoms with Gasteiger partial charge in [0, 0.05) is 29.3 Å². The lowest BCUT2D eigenvalue weighted by molar-refractivity contribution is -0.131. The van der Waals surface area contributed by atoms with E-state index in [1.807, 2.05) is 59.2 Å². The molecule has 0 unspecified atom stereocenters. The van der Waals surface area contributed by atoms with E-state index in [1.54, 1.807) is 18.3 Å². The maximum Gasteiger partial charge on any atom is 0.268 e. The van der Waals surface area contributed by atoms with Crippen molar-refractivity contribution in [3.8, 4) is 17.3 Å². The van der Waals surface area contributed by atoms with Crippen LogP contribution in [-0.4, -0.2) is 46.3 Å². The molecule has 2 amide bonds. The Kier molecular flexibility index (Phi) is 6.80. The number of halogens is 3. The van der Waals surface area contributed by atoms with Gasteiger partial charge in [-0.2, -0.15) is 5.26 Å². The Hall–Kier alpha value is -3.51. The summed E-state index contributed by atoms with van der Waals surface area (Å²) in [4.78, 5) is 26.1. The van der Waals surface area contributed by atoms with Gasteiger partial charge in [0.1, 0.15) is 6.04 Å². The van der Waals surface area contributed by atoms with Crippen LogP contribution >= 0.6 is 15.9 Å². The number of likely N-dealkylation sites (tertiary alicyclic amines) is 1. The van der Waals surface area contributed by atoms with Gasteiger partial charge in [0.2, 0.25) is 5.91 Å². The van der Waals surface area contributed by atoms with Gasteiger partial charge in [0.25, 0.3) is 11.8 Å². The highest BCUT2D eigenvalue weighted by molar-refractivity contribution is 9.10. The third-order valence-electron chi connectivity index (χ3n) is 5.63. The molecule has 0 saturated carbocycles. The fourth-order valence-electron chi connectivity index (χ4n) is 3.96. The van der Waals surface area contributed by atoms with Gasteiger partial charge in [-0.1, -0.05) is 58.4 Å². The van der Waals surface area contributed by atoms with Crippen molar-refractivity contribution in [3.63, 3.8) is 0 Å². The largest absolute Gasteiger partial charge is 0.343 e. The summed E-state index contributed by atoms with van der Waals surface area (Å²) in [6, 6.07) is 19.7. The van der Waals surface area contributed by atoms with Crippen molar-refractivity contribution in [1.82, 2.24) is 14.8 Å². The Bertz CT molecular complexity index is 1240. The molecule has 0 spiro atoms. The van der Waals surface area contributed by atoms with Crippen LogP contribution in [0.15, 0.2) is 71.3 Å². The minimum absolute atomic E-state index is 0.340. The molecule has 6 nitrogen and oxygen atoms in total. The first kappa shape index (κ1) is 23.6. The first-order valence-electron chi connectivity index (χ1n) is 10.6. The van der Waals surface area contributed by atoms with Crippen molar-refractivity contribution in [2.75, 3.05) is 13.1 Å². The number of aromatic nitrogens is 1. The van der Waals surface area contributed by atoms with Gasteiger partial charge in [-0.05, 0) is 29.3 Å². The van der Waals surface area contributed by atoms with Gasteiger partial charge in [0.15, 0.2) is 0 Å². The highest BCUT2D eigenvalue weighted by Gasteiger charge is 2.47. The third-order valence-corrected chi connectivity index (χ3v) is 6.16. The van der Waals surface area contributed by atoms with Gasteiger partial charge in [-0.25, -0.2) is 8.78 Å². The summed E-state index contributed by atoms with van der Waals surface area (Å²) in [6.07, 6.45) is 1.01. The molecule has 0 bridgehead atoms. The van der Waals surface area contributed by atoms with Gasteiger partial charge >= 0.3 is 0 Å². The van der Waals surface area contributed by atoms with E-state index >= 15 is 0 Å². The summed E-state index contributed by atoms with van der Waals surface area (Å²) in [5.41, 5.74) is 3.12. The molecule has 1 saturated heterocycles. The van der Waals surface area contributed by atoms with E-state index in [1.165, 1.54) is 0 Å². The number of carbonyl (C=O) groups is 2. The van der Waals surface area contributed by atoms with Crippen molar-refractivity contribution >= 4 is 27.7 Å². The monoisotopic (exact) mass is 526 g/mol. The number of alkyl halides is 2. The lowest BCUT2D eigenvalue weighted by atomic mass is 10.1. The van der Waals surface area contributed by atoms with Crippen LogP contribution in [0.5, 0.6) is 0 Å². The van der Waals surface area contributed by atoms with Crippen LogP contribution < -0.4 is 5.32 Å². The van der Waals surface area contributed by atoms with Gasteiger partial charge in [-0.15, -0.1) is 0 Å². The lowest BCUT2D eigenvalue weighted by Gasteiger charge is -2.19. The molecule has 0 aliphatic carbocycles. The molecule has 1 atom stereocenters. The fourth-order valence-corrected chi connectivity index (χ4v) is 4.22. The van der Waals surface area contributed by atoms with Crippen LogP contribution in [0, 0.1) is 11.3 Å². The van der Waals surface area contributed by atoms with E-state index in [0.29, 0.717) is 12.1 Å². The van der Waals surface area contributed by atoms with Crippen molar-refractivity contribution in [3.05, 3.63) is 82.5 Å². The number of carbonyl (C=O) groups excluding carboxylic acids is 2. The minimum atomic E-state index is -3.10. The van der Waals surface area contributed by atoms with E-state index in [-0.39, 0.29) is 0 Å². The van der Waals surface area contributed by atoms with E-state index in [4.69, 9.17) is 5.26 Å². The molecule has 1 N–H and O–H groups in total. The summed E-state index contributed by atoms with van der Waals surface area (Å²) < 4.78 is 30.2. The molecular weight excluding hydrogens is 506 g/mol. The molecule has 174 valence electrons. The van der Waals surface area contributed by atoms with Gasteiger partial charge < -0.3 is 14.8 Å². The molecule has 2 heterocycles. The smallest absolute Gasteiger partial charge is 0.268 e. The number of hydrogen-bond donors (Lipinski definition) is 1. The van der Waals surface area contributed by atoms with Crippen molar-refractivity contribution in [1.29, 1.82) is 5.26 Å². The topological polar surface area (TPSA) is 78.1 Å². The SMILES string of the molecule is N#C[C@@H]1CC(F)(F)CN1C(=O)CNC(=O)c1cc(-c2ccccc2)n(Cc2ccc(Br)cc2)c1. The summed E-state index contributed by atoms with van der Waals surface area (Å²) in [5, 5.41) is 11.6. The molecule has 1 aliphatic heterocycles. The Morgan fingerprint density at radius 3 is 2.53 bits per heavy atom. The average Bonchev–Trinajstić information content (AvgIpc) is 3.39. The highest BCUT2D eigenvalue weighted by atomic mass is 79.9. The molecule has 1 aromatic heterocycles. The number of amides is 2. The number of benzene rings is 2. The van der Waals surface area contributed by atoms with Crippen molar-refractivity contribution < 1.29 is 18.4 Å². The third kappa shape index (κ3) is 5.34. The zero-order chi connectivity index (χ0) is 24.3. The Morgan fingerprint density at radius 1 is 1.15 bits per heavy atom. The molecule has 0 radical (unpaired) electrons. The summed E-state index contributed by atoms with van der Waals surface area (Å²) >= 11 is 3.42. The van der Waals surface area contributed by atoms with Crippen LogP contribution in [0.25, 0.3) is 11.3 Å². The van der Waals surface area contributed by atoms with Crippen LogP contribution in [-0.2, 0) is 11.3 Å². The maximum absolute atomic E-state index is 13.6. The summed E-state index contributed by atoms with van der Waals surface area (Å²) in [5.74, 6) is -4.32. The Balaban J connectivity index is 1.51. The van der Waals surface area contributed by atoms with Gasteiger partial charge in [0.05, 0.1) is 24.7 Å². The van der Waals surface area contributed by atoms with E-state index in [2.05, 4.69) is 21.2 Å². The van der Waals surface area contributed by atoms with Crippen LogP contribution in [0.4, 0.5) is 8.78 Å². The number of hydrogen-bond acceptors (Lipinski definition) is 3. The first-order chi connectivity index (χ1) is 16.3. The molecular formula is C25H21BrF2N4O2. The van der Waals surface area contributed by atoms with E-state index in [0.717, 1.165) is 26.2 Å². The lowest BCUT2D eigenvalue weighted by Crippen LogP contribution is -2.42. The molecule has 1 aliphatic rings. The van der Waals surface area contributed by atoms with Crippen molar-refractivity contribution in [2.45, 2.75) is 24.9 Å². The van der Waals surface area contributed by atoms with Gasteiger partial charge in [-0.3, -0.25) is 9.59 Å². The minimum Gasteiger partial charge on any atom is -0.343 e. The zero-order valence-electron chi connectivity index (χ0n) is 18.0. The predicted octanol–water partition coefficient (Wildman–Crippen LogP) is 4.46. The average molecular weight is 527 g/mol. The summed E-state index contributed by atoms with van der Waals surface area (Å²) in [7, 11) is 0. The van der Waals surface area contributed by atoms with E-state index in [9.17, 15) is 18.4 Å². The second-order valence-corrected chi connectivity index (χ2v) is 9.06. The second kappa shape index (κ2) is 9.77. The standard InChI is InChI=1S/C25H21BrF2N4O2/c26-20-8-6-17(7-9-20)14-31-15-19(10-22(31)18-4-2-1-3-5-18)24(34)30-13-23(33)32-16-25(27,28)11-21(32)12-29/h1-10,15,21H,11,13-14,16H2,(H,30,34)/t21-/m0/s1. The molecule has 3 aromatic rings. The molecule has 34 heavy (non-hydrogen) atoms.